The molecule has 2 aliphatic rings. The molecule has 12 heteroatoms. The van der Waals surface area contributed by atoms with Crippen molar-refractivity contribution in [2.45, 2.75) is 31.6 Å². The first-order valence-electron chi connectivity index (χ1n) is 10.2. The monoisotopic (exact) mass is 502 g/mol. The number of aromatic amines is 1. The lowest BCUT2D eigenvalue weighted by atomic mass is 9.65. The highest BCUT2D eigenvalue weighted by Gasteiger charge is 2.51. The summed E-state index contributed by atoms with van der Waals surface area (Å²) < 4.78 is 6.70. The number of carbonyl (C=O) groups is 2. The summed E-state index contributed by atoms with van der Waals surface area (Å²) in [6, 6.07) is 6.27. The molecule has 1 aliphatic heterocycles. The van der Waals surface area contributed by atoms with Gasteiger partial charge in [-0.15, -0.1) is 0 Å². The number of H-pyrrole nitrogens is 1. The van der Waals surface area contributed by atoms with Crippen LogP contribution in [0.3, 0.4) is 0 Å². The Morgan fingerprint density at radius 3 is 2.41 bits per heavy atom. The van der Waals surface area contributed by atoms with E-state index >= 15 is 0 Å². The highest BCUT2D eigenvalue weighted by Crippen LogP contribution is 2.53. The van der Waals surface area contributed by atoms with E-state index in [4.69, 9.17) is 33.0 Å². The lowest BCUT2D eigenvalue weighted by molar-refractivity contribution is -0.123. The van der Waals surface area contributed by atoms with Crippen molar-refractivity contribution < 1.29 is 19.4 Å². The number of aryl methyl sites for hydroxylation is 1. The predicted octanol–water partition coefficient (Wildman–Crippen LogP) is 3.40. The number of carboxylic acid groups (broad SMARTS) is 1. The second-order valence-corrected chi connectivity index (χ2v) is 9.03. The van der Waals surface area contributed by atoms with Gasteiger partial charge < -0.3 is 15.2 Å². The number of carbonyl (C=O) groups excluding carboxylic acids is 1. The second-order valence-electron chi connectivity index (χ2n) is 8.22. The van der Waals surface area contributed by atoms with Crippen molar-refractivity contribution >= 4 is 40.8 Å². The van der Waals surface area contributed by atoms with Gasteiger partial charge in [0, 0.05) is 5.69 Å². The number of benzene rings is 2. The van der Waals surface area contributed by atoms with Crippen molar-refractivity contribution in [2.75, 3.05) is 5.32 Å². The highest BCUT2D eigenvalue weighted by atomic mass is 35.5. The zero-order chi connectivity index (χ0) is 24.4. The smallest absolute Gasteiger partial charge is 0.362 e. The van der Waals surface area contributed by atoms with Crippen LogP contribution < -0.4 is 21.3 Å². The molecular formula is C22H16Cl2N4O6. The Hall–Kier alpha value is -3.63. The van der Waals surface area contributed by atoms with Crippen LogP contribution in [0.4, 0.5) is 5.69 Å². The van der Waals surface area contributed by atoms with Crippen LogP contribution in [0.5, 0.6) is 11.5 Å². The van der Waals surface area contributed by atoms with E-state index in [-0.39, 0.29) is 27.4 Å². The van der Waals surface area contributed by atoms with Crippen molar-refractivity contribution in [2.24, 2.45) is 0 Å². The summed E-state index contributed by atoms with van der Waals surface area (Å²) in [7, 11) is 0. The molecule has 10 nitrogen and oxygen atoms in total. The van der Waals surface area contributed by atoms with Gasteiger partial charge in [-0.25, -0.2) is 9.59 Å². The minimum Gasteiger partial charge on any atom is -0.476 e. The summed E-state index contributed by atoms with van der Waals surface area (Å²) >= 11 is 12.8. The van der Waals surface area contributed by atoms with Crippen molar-refractivity contribution in [3.05, 3.63) is 72.0 Å². The van der Waals surface area contributed by atoms with E-state index in [9.17, 15) is 19.2 Å². The number of carboxylic acids is 1. The van der Waals surface area contributed by atoms with Gasteiger partial charge in [-0.3, -0.25) is 14.6 Å². The topological polar surface area (TPSA) is 143 Å². The number of fused-ring (bicyclic) bond motifs is 2. The van der Waals surface area contributed by atoms with Gasteiger partial charge in [0.25, 0.3) is 5.56 Å². The number of hydrogen-bond acceptors (Lipinski definition) is 6. The zero-order valence-electron chi connectivity index (χ0n) is 17.6. The lowest BCUT2D eigenvalue weighted by Crippen LogP contribution is -2.40. The van der Waals surface area contributed by atoms with Crippen molar-refractivity contribution in [1.29, 1.82) is 0 Å². The van der Waals surface area contributed by atoms with E-state index in [0.29, 0.717) is 10.4 Å². The Morgan fingerprint density at radius 1 is 1.15 bits per heavy atom. The first kappa shape index (κ1) is 22.2. The maximum absolute atomic E-state index is 12.5. The molecule has 34 heavy (non-hydrogen) atoms. The second kappa shape index (κ2) is 7.71. The number of nitrogens with one attached hydrogen (secondary N) is 2. The van der Waals surface area contributed by atoms with Gasteiger partial charge in [0.15, 0.2) is 5.75 Å². The van der Waals surface area contributed by atoms with Crippen LogP contribution in [0, 0.1) is 6.92 Å². The number of ether oxygens (including phenoxy) is 1. The first-order chi connectivity index (χ1) is 16.1. The SMILES string of the molecule is Cc1cc2c(cc1Oc1c(Cl)cc(-n3nc(C(=O)O)c(=O)[nH]c3=O)cc1Cl)C1(CCC1)C(=O)N2. The van der Waals surface area contributed by atoms with Gasteiger partial charge in [-0.1, -0.05) is 29.6 Å². The molecule has 1 saturated carbocycles. The molecule has 2 heterocycles. The third-order valence-electron chi connectivity index (χ3n) is 6.19. The van der Waals surface area contributed by atoms with Crippen LogP contribution in [-0.4, -0.2) is 31.7 Å². The summed E-state index contributed by atoms with van der Waals surface area (Å²) in [5.74, 6) is -1.04. The fourth-order valence-electron chi connectivity index (χ4n) is 4.28. The van der Waals surface area contributed by atoms with E-state index in [1.165, 1.54) is 12.1 Å². The minimum absolute atomic E-state index is 0.00899. The average molecular weight is 503 g/mol. The number of amides is 1. The van der Waals surface area contributed by atoms with Gasteiger partial charge in [0.05, 0.1) is 21.1 Å². The van der Waals surface area contributed by atoms with Crippen molar-refractivity contribution in [1.82, 2.24) is 14.8 Å². The molecule has 1 aromatic heterocycles. The Bertz CT molecular complexity index is 1500. The number of aromatic carboxylic acids is 1. The van der Waals surface area contributed by atoms with Crippen LogP contribution in [0.25, 0.3) is 5.69 Å². The fourth-order valence-corrected chi connectivity index (χ4v) is 4.83. The number of rotatable bonds is 4. The van der Waals surface area contributed by atoms with Gasteiger partial charge in [-0.05, 0) is 55.2 Å². The number of hydrogen-bond donors (Lipinski definition) is 3. The van der Waals surface area contributed by atoms with Crippen LogP contribution in [-0.2, 0) is 10.2 Å². The van der Waals surface area contributed by atoms with Gasteiger partial charge >= 0.3 is 11.7 Å². The molecule has 1 spiro atoms. The summed E-state index contributed by atoms with van der Waals surface area (Å²) in [4.78, 5) is 49.5. The van der Waals surface area contributed by atoms with Crippen LogP contribution >= 0.6 is 23.2 Å². The largest absolute Gasteiger partial charge is 0.476 e. The first-order valence-corrected chi connectivity index (χ1v) is 11.0. The van der Waals surface area contributed by atoms with Crippen molar-refractivity contribution in [3.8, 4) is 17.2 Å². The van der Waals surface area contributed by atoms with E-state index in [0.717, 1.165) is 36.1 Å². The van der Waals surface area contributed by atoms with Gasteiger partial charge in [0.2, 0.25) is 11.6 Å². The third-order valence-corrected chi connectivity index (χ3v) is 6.75. The molecule has 1 aliphatic carbocycles. The van der Waals surface area contributed by atoms with Crippen LogP contribution in [0.2, 0.25) is 10.0 Å². The molecule has 0 atom stereocenters. The molecule has 0 unspecified atom stereocenters. The Balaban J connectivity index is 1.54. The summed E-state index contributed by atoms with van der Waals surface area (Å²) in [6.45, 7) is 1.82. The maximum Gasteiger partial charge on any atom is 0.362 e. The van der Waals surface area contributed by atoms with Crippen molar-refractivity contribution in [3.63, 3.8) is 0 Å². The molecule has 3 N–H and O–H groups in total. The maximum atomic E-state index is 12.5. The normalized spacial score (nSPS) is 15.6. The van der Waals surface area contributed by atoms with Gasteiger partial charge in [0.1, 0.15) is 5.75 Å². The molecule has 0 saturated heterocycles. The van der Waals surface area contributed by atoms with Crippen LogP contribution in [0.15, 0.2) is 33.9 Å². The number of anilines is 1. The quantitative estimate of drug-likeness (QED) is 0.495. The van der Waals surface area contributed by atoms with Crippen LogP contribution in [0.1, 0.15) is 40.9 Å². The highest BCUT2D eigenvalue weighted by molar-refractivity contribution is 6.37. The molecule has 5 rings (SSSR count). The Morgan fingerprint density at radius 2 is 1.82 bits per heavy atom. The molecule has 0 bridgehead atoms. The number of nitrogens with zero attached hydrogens (tertiary/aromatic N) is 2. The number of halogens is 2. The molecule has 1 amide bonds. The molecule has 3 aromatic rings. The molecule has 1 fully saturated rings. The van der Waals surface area contributed by atoms with E-state index < -0.39 is 28.3 Å². The zero-order valence-corrected chi connectivity index (χ0v) is 19.1. The summed E-state index contributed by atoms with van der Waals surface area (Å²) in [5.41, 5.74) is -1.08. The average Bonchev–Trinajstić information content (AvgIpc) is 3.01. The Kier molecular flexibility index (Phi) is 5.03. The van der Waals surface area contributed by atoms with Gasteiger partial charge in [-0.2, -0.15) is 9.78 Å². The predicted molar refractivity (Wildman–Crippen MR) is 123 cm³/mol. The number of aromatic nitrogens is 3. The van der Waals surface area contributed by atoms with E-state index in [2.05, 4.69) is 10.4 Å². The summed E-state index contributed by atoms with van der Waals surface area (Å²) in [5, 5.41) is 15.7. The Labute approximate surface area is 201 Å². The molecular weight excluding hydrogens is 487 g/mol. The minimum atomic E-state index is -1.60. The molecule has 2 aromatic carbocycles. The van der Waals surface area contributed by atoms with E-state index in [1.807, 2.05) is 24.0 Å². The molecule has 0 radical (unpaired) electrons. The molecule has 174 valence electrons. The standard InChI is InChI=1S/C22H16Cl2N4O6/c1-9-5-14-11(22(3-2-4-22)20(32)25-14)8-15(9)34-17-12(23)6-10(7-13(17)24)28-21(33)26-18(29)16(27-28)19(30)31/h5-8H,2-4H2,1H3,(H,25,32)(H,30,31)(H,26,29,33). The lowest BCUT2D eigenvalue weighted by Gasteiger charge is -2.36. The fraction of sp³-hybridized carbons (Fsp3) is 0.227. The van der Waals surface area contributed by atoms with E-state index in [1.54, 1.807) is 0 Å². The third kappa shape index (κ3) is 3.29. The summed E-state index contributed by atoms with van der Waals surface area (Å²) in [6.07, 6.45) is 2.51.